The number of ether oxygens (including phenoxy) is 1. The highest BCUT2D eigenvalue weighted by molar-refractivity contribution is 14.1. The highest BCUT2D eigenvalue weighted by atomic mass is 127. The van der Waals surface area contributed by atoms with Gasteiger partial charge in [-0.1, -0.05) is 0 Å². The van der Waals surface area contributed by atoms with Crippen LogP contribution in [-0.2, 0) is 13.6 Å². The minimum absolute atomic E-state index is 0.105. The predicted molar refractivity (Wildman–Crippen MR) is 75.4 cm³/mol. The molecule has 0 saturated carbocycles. The maximum atomic E-state index is 12.3. The number of nitriles is 1. The Labute approximate surface area is 129 Å². The van der Waals surface area contributed by atoms with Gasteiger partial charge in [-0.25, -0.2) is 8.78 Å². The molecule has 0 radical (unpaired) electrons. The fourth-order valence-electron chi connectivity index (χ4n) is 1.59. The number of aromatic nitrogens is 2. The molecule has 112 valence electrons. The first-order chi connectivity index (χ1) is 9.36. The predicted octanol–water partition coefficient (Wildman–Crippen LogP) is 0.985. The Bertz CT molecular complexity index is 490. The van der Waals surface area contributed by atoms with E-state index in [2.05, 4.69) is 5.10 Å². The second-order valence-corrected chi connectivity index (χ2v) is 5.31. The van der Waals surface area contributed by atoms with Crippen molar-refractivity contribution in [2.24, 2.45) is 7.05 Å². The first kappa shape index (κ1) is 17.1. The molecule has 0 spiro atoms. The largest absolute Gasteiger partial charge is 0.460 e. The molecule has 0 bridgehead atoms. The molecule has 1 aromatic heterocycles. The minimum atomic E-state index is -2.77. The van der Waals surface area contributed by atoms with Gasteiger partial charge < -0.3 is 9.84 Å². The SMILES string of the molecule is CN(Cc1c(I)c(OCC#N)nn1C)CC(O)C(F)F. The maximum absolute atomic E-state index is 12.3. The summed E-state index contributed by atoms with van der Waals surface area (Å²) in [5.41, 5.74) is 0.766. The van der Waals surface area contributed by atoms with Crippen LogP contribution < -0.4 is 4.74 Å². The van der Waals surface area contributed by atoms with Gasteiger partial charge in [-0.3, -0.25) is 9.58 Å². The molecule has 0 aliphatic rings. The van der Waals surface area contributed by atoms with Gasteiger partial charge in [0.15, 0.2) is 6.61 Å². The first-order valence-corrected chi connectivity index (χ1v) is 6.80. The van der Waals surface area contributed by atoms with Gasteiger partial charge in [-0.15, -0.1) is 5.10 Å². The lowest BCUT2D eigenvalue weighted by Gasteiger charge is -2.20. The van der Waals surface area contributed by atoms with E-state index < -0.39 is 12.5 Å². The van der Waals surface area contributed by atoms with Crippen LogP contribution in [0.2, 0.25) is 0 Å². The zero-order valence-electron chi connectivity index (χ0n) is 11.1. The zero-order valence-corrected chi connectivity index (χ0v) is 13.2. The Morgan fingerprint density at radius 3 is 2.80 bits per heavy atom. The van der Waals surface area contributed by atoms with Crippen LogP contribution in [0.15, 0.2) is 0 Å². The molecule has 0 fully saturated rings. The second kappa shape index (κ2) is 7.70. The van der Waals surface area contributed by atoms with Gasteiger partial charge in [0.05, 0.1) is 9.26 Å². The van der Waals surface area contributed by atoms with Crippen LogP contribution in [0.25, 0.3) is 0 Å². The quantitative estimate of drug-likeness (QED) is 0.692. The van der Waals surface area contributed by atoms with Crippen LogP contribution in [0.4, 0.5) is 8.78 Å². The number of hydrogen-bond donors (Lipinski definition) is 1. The van der Waals surface area contributed by atoms with E-state index in [1.165, 1.54) is 0 Å². The fraction of sp³-hybridized carbons (Fsp3) is 0.636. The summed E-state index contributed by atoms with van der Waals surface area (Å²) in [6.45, 7) is 0.0845. The minimum Gasteiger partial charge on any atom is -0.460 e. The lowest BCUT2D eigenvalue weighted by Crippen LogP contribution is -2.33. The van der Waals surface area contributed by atoms with E-state index in [0.717, 1.165) is 9.26 Å². The monoisotopic (exact) mass is 400 g/mol. The fourth-order valence-corrected chi connectivity index (χ4v) is 2.37. The highest BCUT2D eigenvalue weighted by Gasteiger charge is 2.21. The Morgan fingerprint density at radius 1 is 1.60 bits per heavy atom. The van der Waals surface area contributed by atoms with E-state index in [4.69, 9.17) is 15.1 Å². The molecule has 1 atom stereocenters. The lowest BCUT2D eigenvalue weighted by atomic mass is 10.3. The third-order valence-corrected chi connectivity index (χ3v) is 3.64. The average molecular weight is 400 g/mol. The summed E-state index contributed by atoms with van der Waals surface area (Å²) in [5, 5.41) is 21.7. The Kier molecular flexibility index (Phi) is 6.57. The number of aliphatic hydroxyl groups is 1. The summed E-state index contributed by atoms with van der Waals surface area (Å²) in [6.07, 6.45) is -4.45. The molecular weight excluding hydrogens is 385 g/mol. The number of alkyl halides is 2. The Balaban J connectivity index is 2.72. The summed E-state index contributed by atoms with van der Waals surface area (Å²) >= 11 is 2.03. The number of aryl methyl sites for hydroxylation is 1. The molecule has 0 saturated heterocycles. The second-order valence-electron chi connectivity index (χ2n) is 4.23. The van der Waals surface area contributed by atoms with Crippen molar-refractivity contribution in [2.75, 3.05) is 20.2 Å². The molecule has 1 rings (SSSR count). The molecule has 0 aliphatic carbocycles. The summed E-state index contributed by atoms with van der Waals surface area (Å²) in [5.74, 6) is 0.340. The molecule has 1 unspecified atom stereocenters. The van der Waals surface area contributed by atoms with Crippen molar-refractivity contribution in [3.05, 3.63) is 9.26 Å². The van der Waals surface area contributed by atoms with Crippen molar-refractivity contribution >= 4 is 22.6 Å². The van der Waals surface area contributed by atoms with Gasteiger partial charge in [0.1, 0.15) is 12.2 Å². The van der Waals surface area contributed by atoms with Crippen LogP contribution in [0.5, 0.6) is 5.88 Å². The summed E-state index contributed by atoms with van der Waals surface area (Å²) in [4.78, 5) is 1.57. The van der Waals surface area contributed by atoms with Crippen LogP contribution in [0.3, 0.4) is 0 Å². The molecular formula is C11H15F2IN4O2. The van der Waals surface area contributed by atoms with Gasteiger partial charge in [0.2, 0.25) is 5.88 Å². The lowest BCUT2D eigenvalue weighted by molar-refractivity contribution is -0.0209. The summed E-state index contributed by atoms with van der Waals surface area (Å²) < 4.78 is 32.0. The first-order valence-electron chi connectivity index (χ1n) is 5.72. The molecule has 20 heavy (non-hydrogen) atoms. The van der Waals surface area contributed by atoms with Crippen LogP contribution in [-0.4, -0.2) is 52.5 Å². The van der Waals surface area contributed by atoms with Crippen LogP contribution in [0, 0.1) is 14.9 Å². The van der Waals surface area contributed by atoms with Crippen molar-refractivity contribution in [2.45, 2.75) is 19.1 Å². The smallest absolute Gasteiger partial charge is 0.265 e. The number of hydrogen-bond acceptors (Lipinski definition) is 5. The highest BCUT2D eigenvalue weighted by Crippen LogP contribution is 2.24. The molecule has 0 aromatic carbocycles. The van der Waals surface area contributed by atoms with Crippen molar-refractivity contribution < 1.29 is 18.6 Å². The average Bonchev–Trinajstić information content (AvgIpc) is 2.63. The molecule has 0 aliphatic heterocycles. The van der Waals surface area contributed by atoms with Gasteiger partial charge >= 0.3 is 0 Å². The van der Waals surface area contributed by atoms with E-state index in [9.17, 15) is 8.78 Å². The van der Waals surface area contributed by atoms with Crippen LogP contribution in [0.1, 0.15) is 5.69 Å². The maximum Gasteiger partial charge on any atom is 0.265 e. The molecule has 1 aromatic rings. The van der Waals surface area contributed by atoms with Crippen molar-refractivity contribution in [1.29, 1.82) is 5.26 Å². The topological polar surface area (TPSA) is 74.3 Å². The molecule has 9 heteroatoms. The number of aliphatic hydroxyl groups excluding tert-OH is 1. The molecule has 6 nitrogen and oxygen atoms in total. The Morgan fingerprint density at radius 2 is 2.25 bits per heavy atom. The summed E-state index contributed by atoms with van der Waals surface area (Å²) in [6, 6.07) is 1.85. The van der Waals surface area contributed by atoms with Gasteiger partial charge in [-0.05, 0) is 29.6 Å². The van der Waals surface area contributed by atoms with Crippen molar-refractivity contribution in [3.8, 4) is 11.9 Å². The summed E-state index contributed by atoms with van der Waals surface area (Å²) in [7, 11) is 3.33. The molecule has 1 heterocycles. The normalized spacial score (nSPS) is 12.8. The third-order valence-electron chi connectivity index (χ3n) is 2.56. The van der Waals surface area contributed by atoms with Gasteiger partial charge in [0.25, 0.3) is 6.43 Å². The Hall–Kier alpha value is -0.990. The number of likely N-dealkylation sites (N-methyl/N-ethyl adjacent to an activating group) is 1. The van der Waals surface area contributed by atoms with Crippen LogP contribution >= 0.6 is 22.6 Å². The van der Waals surface area contributed by atoms with E-state index in [-0.39, 0.29) is 13.2 Å². The molecule has 0 amide bonds. The van der Waals surface area contributed by atoms with Gasteiger partial charge in [-0.2, -0.15) is 5.26 Å². The number of nitrogens with zero attached hydrogens (tertiary/aromatic N) is 4. The van der Waals surface area contributed by atoms with E-state index in [1.54, 1.807) is 23.7 Å². The van der Waals surface area contributed by atoms with E-state index in [0.29, 0.717) is 12.4 Å². The number of halogens is 3. The zero-order chi connectivity index (χ0) is 15.3. The third kappa shape index (κ3) is 4.53. The van der Waals surface area contributed by atoms with E-state index >= 15 is 0 Å². The van der Waals surface area contributed by atoms with E-state index in [1.807, 2.05) is 28.7 Å². The van der Waals surface area contributed by atoms with Gasteiger partial charge in [0, 0.05) is 20.1 Å². The van der Waals surface area contributed by atoms with Crippen molar-refractivity contribution in [1.82, 2.24) is 14.7 Å². The molecule has 1 N–H and O–H groups in total. The standard InChI is InChI=1S/C11H15F2IN4O2/c1-17(6-8(19)10(12)13)5-7-9(14)11(16-18(7)2)20-4-3-15/h8,10,19H,4-6H2,1-2H3. The van der Waals surface area contributed by atoms with Crippen molar-refractivity contribution in [3.63, 3.8) is 0 Å². The number of rotatable bonds is 7.